The molecule has 0 atom stereocenters. The van der Waals surface area contributed by atoms with Gasteiger partial charge in [0.15, 0.2) is 0 Å². The molecule has 1 aliphatic carbocycles. The Hall–Kier alpha value is -2.11. The van der Waals surface area contributed by atoms with E-state index in [2.05, 4.69) is 5.10 Å². The number of aromatic nitrogens is 2. The van der Waals surface area contributed by atoms with E-state index in [0.29, 0.717) is 5.52 Å². The standard InChI is InChI=1S/C11H11N3O3/c1-17-11-10(14(15)16)9-6-5-7-3-2-4-8(7)13(9)12-11/h5-6H,2-4H2,1H3. The topological polar surface area (TPSA) is 69.7 Å². The highest BCUT2D eigenvalue weighted by atomic mass is 16.6. The molecule has 17 heavy (non-hydrogen) atoms. The van der Waals surface area contributed by atoms with Crippen LogP contribution >= 0.6 is 0 Å². The summed E-state index contributed by atoms with van der Waals surface area (Å²) in [6.45, 7) is 0. The summed E-state index contributed by atoms with van der Waals surface area (Å²) in [5.41, 5.74) is 2.74. The number of hydrogen-bond donors (Lipinski definition) is 0. The molecule has 0 unspecified atom stereocenters. The Labute approximate surface area is 97.0 Å². The van der Waals surface area contributed by atoms with Crippen LogP contribution in [0.3, 0.4) is 0 Å². The highest BCUT2D eigenvalue weighted by Gasteiger charge is 2.27. The molecule has 0 fully saturated rings. The third kappa shape index (κ3) is 1.30. The number of pyridine rings is 1. The summed E-state index contributed by atoms with van der Waals surface area (Å²) in [6.07, 6.45) is 3.00. The molecule has 0 saturated heterocycles. The molecule has 0 spiro atoms. The summed E-state index contributed by atoms with van der Waals surface area (Å²) in [5, 5.41) is 15.2. The van der Waals surface area contributed by atoms with Crippen LogP contribution in [0.15, 0.2) is 12.1 Å². The Morgan fingerprint density at radius 3 is 3.00 bits per heavy atom. The van der Waals surface area contributed by atoms with Gasteiger partial charge in [0, 0.05) is 5.69 Å². The highest BCUT2D eigenvalue weighted by Crippen LogP contribution is 2.34. The Balaban J connectivity index is 2.37. The molecule has 1 aliphatic rings. The van der Waals surface area contributed by atoms with Gasteiger partial charge in [0.25, 0.3) is 0 Å². The molecular weight excluding hydrogens is 222 g/mol. The second-order valence-electron chi connectivity index (χ2n) is 4.07. The van der Waals surface area contributed by atoms with E-state index in [1.807, 2.05) is 6.07 Å². The molecule has 0 amide bonds. The van der Waals surface area contributed by atoms with Crippen LogP contribution in [0.1, 0.15) is 17.7 Å². The van der Waals surface area contributed by atoms with Gasteiger partial charge in [-0.1, -0.05) is 6.07 Å². The number of rotatable bonds is 2. The molecule has 2 aromatic rings. The second kappa shape index (κ2) is 3.44. The number of hydrogen-bond acceptors (Lipinski definition) is 4. The first-order chi connectivity index (χ1) is 8.22. The summed E-state index contributed by atoms with van der Waals surface area (Å²) >= 11 is 0. The predicted octanol–water partition coefficient (Wildman–Crippen LogP) is 1.74. The van der Waals surface area contributed by atoms with E-state index < -0.39 is 4.92 Å². The highest BCUT2D eigenvalue weighted by molar-refractivity contribution is 5.71. The molecular formula is C11H11N3O3. The van der Waals surface area contributed by atoms with Crippen LogP contribution < -0.4 is 4.74 Å². The van der Waals surface area contributed by atoms with Gasteiger partial charge in [-0.05, 0) is 30.9 Å². The largest absolute Gasteiger partial charge is 0.475 e. The SMILES string of the molecule is COc1nn2c3c(ccc2c1[N+](=O)[O-])CCC3. The molecule has 0 aliphatic heterocycles. The zero-order valence-electron chi connectivity index (χ0n) is 9.34. The lowest BCUT2D eigenvalue weighted by Gasteiger charge is -2.00. The predicted molar refractivity (Wildman–Crippen MR) is 60.4 cm³/mol. The summed E-state index contributed by atoms with van der Waals surface area (Å²) in [5.74, 6) is 0.0790. The fourth-order valence-corrected chi connectivity index (χ4v) is 2.42. The molecule has 6 nitrogen and oxygen atoms in total. The average Bonchev–Trinajstić information content (AvgIpc) is 2.91. The van der Waals surface area contributed by atoms with E-state index >= 15 is 0 Å². The first-order valence-electron chi connectivity index (χ1n) is 5.44. The fourth-order valence-electron chi connectivity index (χ4n) is 2.42. The van der Waals surface area contributed by atoms with Gasteiger partial charge in [0.2, 0.25) is 0 Å². The zero-order chi connectivity index (χ0) is 12.0. The molecule has 3 rings (SSSR count). The van der Waals surface area contributed by atoms with Crippen LogP contribution in [0.25, 0.3) is 5.52 Å². The molecule has 6 heteroatoms. The maximum absolute atomic E-state index is 11.0. The number of nitrogens with zero attached hydrogens (tertiary/aromatic N) is 3. The molecule has 0 bridgehead atoms. The minimum atomic E-state index is -0.442. The van der Waals surface area contributed by atoms with Crippen molar-refractivity contribution >= 4 is 11.2 Å². The van der Waals surface area contributed by atoms with Crippen molar-refractivity contribution in [2.75, 3.05) is 7.11 Å². The summed E-state index contributed by atoms with van der Waals surface area (Å²) < 4.78 is 6.63. The lowest BCUT2D eigenvalue weighted by Crippen LogP contribution is -1.97. The Morgan fingerprint density at radius 1 is 1.47 bits per heavy atom. The van der Waals surface area contributed by atoms with Crippen molar-refractivity contribution in [3.8, 4) is 5.88 Å². The minimum absolute atomic E-state index is 0.0535. The van der Waals surface area contributed by atoms with Gasteiger partial charge in [-0.15, -0.1) is 5.10 Å². The number of nitro groups is 1. The van der Waals surface area contributed by atoms with Crippen molar-refractivity contribution in [3.05, 3.63) is 33.5 Å². The van der Waals surface area contributed by atoms with Crippen molar-refractivity contribution in [1.82, 2.24) is 9.61 Å². The third-order valence-corrected chi connectivity index (χ3v) is 3.17. The smallest absolute Gasteiger partial charge is 0.357 e. The van der Waals surface area contributed by atoms with Crippen LogP contribution in [-0.2, 0) is 12.8 Å². The fraction of sp³-hybridized carbons (Fsp3) is 0.364. The van der Waals surface area contributed by atoms with Crippen molar-refractivity contribution in [3.63, 3.8) is 0 Å². The van der Waals surface area contributed by atoms with Crippen LogP contribution in [-0.4, -0.2) is 21.6 Å². The van der Waals surface area contributed by atoms with Gasteiger partial charge >= 0.3 is 11.6 Å². The summed E-state index contributed by atoms with van der Waals surface area (Å²) in [4.78, 5) is 10.6. The number of ether oxygens (including phenoxy) is 1. The number of fused-ring (bicyclic) bond motifs is 3. The quantitative estimate of drug-likeness (QED) is 0.585. The van der Waals surface area contributed by atoms with E-state index in [4.69, 9.17) is 4.74 Å². The van der Waals surface area contributed by atoms with Crippen molar-refractivity contribution in [2.24, 2.45) is 0 Å². The third-order valence-electron chi connectivity index (χ3n) is 3.17. The molecule has 88 valence electrons. The van der Waals surface area contributed by atoms with E-state index in [-0.39, 0.29) is 11.6 Å². The van der Waals surface area contributed by atoms with Crippen molar-refractivity contribution in [2.45, 2.75) is 19.3 Å². The van der Waals surface area contributed by atoms with E-state index in [0.717, 1.165) is 25.0 Å². The molecule has 2 heterocycles. The lowest BCUT2D eigenvalue weighted by atomic mass is 10.2. The van der Waals surface area contributed by atoms with Crippen molar-refractivity contribution in [1.29, 1.82) is 0 Å². The molecule has 0 saturated carbocycles. The monoisotopic (exact) mass is 233 g/mol. The van der Waals surface area contributed by atoms with Gasteiger partial charge in [-0.25, -0.2) is 4.52 Å². The van der Waals surface area contributed by atoms with Gasteiger partial charge < -0.3 is 4.74 Å². The Bertz CT molecular complexity index is 618. The van der Waals surface area contributed by atoms with Gasteiger partial charge in [-0.3, -0.25) is 10.1 Å². The van der Waals surface area contributed by atoms with E-state index in [1.54, 1.807) is 10.6 Å². The molecule has 0 radical (unpaired) electrons. The maximum Gasteiger partial charge on any atom is 0.357 e. The first-order valence-corrected chi connectivity index (χ1v) is 5.44. The molecule has 0 aromatic carbocycles. The Kier molecular flexibility index (Phi) is 2.04. The van der Waals surface area contributed by atoms with Gasteiger partial charge in [0.1, 0.15) is 5.52 Å². The zero-order valence-corrected chi connectivity index (χ0v) is 9.34. The van der Waals surface area contributed by atoms with Crippen LogP contribution in [0.5, 0.6) is 5.88 Å². The van der Waals surface area contributed by atoms with Gasteiger partial charge in [-0.2, -0.15) is 0 Å². The first kappa shape index (κ1) is 10.1. The van der Waals surface area contributed by atoms with Crippen LogP contribution in [0.4, 0.5) is 5.69 Å². The average molecular weight is 233 g/mol. The van der Waals surface area contributed by atoms with Crippen LogP contribution in [0, 0.1) is 10.1 Å². The van der Waals surface area contributed by atoms with Gasteiger partial charge in [0.05, 0.1) is 12.0 Å². The normalized spacial score (nSPS) is 13.9. The van der Waals surface area contributed by atoms with Crippen molar-refractivity contribution < 1.29 is 9.66 Å². The van der Waals surface area contributed by atoms with E-state index in [1.165, 1.54) is 12.7 Å². The number of methoxy groups -OCH3 is 1. The maximum atomic E-state index is 11.0. The number of aryl methyl sites for hydroxylation is 2. The lowest BCUT2D eigenvalue weighted by molar-refractivity contribution is -0.384. The molecule has 2 aromatic heterocycles. The minimum Gasteiger partial charge on any atom is -0.475 e. The summed E-state index contributed by atoms with van der Waals surface area (Å²) in [7, 11) is 1.40. The Morgan fingerprint density at radius 2 is 2.29 bits per heavy atom. The second-order valence-corrected chi connectivity index (χ2v) is 4.07. The van der Waals surface area contributed by atoms with Crippen LogP contribution in [0.2, 0.25) is 0 Å². The van der Waals surface area contributed by atoms with E-state index in [9.17, 15) is 10.1 Å². The molecule has 0 N–H and O–H groups in total. The summed E-state index contributed by atoms with van der Waals surface area (Å²) in [6, 6.07) is 3.70.